The van der Waals surface area contributed by atoms with Crippen molar-refractivity contribution in [2.24, 2.45) is 0 Å². The van der Waals surface area contributed by atoms with Crippen molar-refractivity contribution in [2.45, 2.75) is 58.3 Å². The van der Waals surface area contributed by atoms with Crippen LogP contribution in [0.25, 0.3) is 0 Å². The predicted molar refractivity (Wildman–Crippen MR) is 87.1 cm³/mol. The molecule has 4 atom stereocenters. The van der Waals surface area contributed by atoms with Gasteiger partial charge in [0.2, 0.25) is 0 Å². The highest BCUT2D eigenvalue weighted by Gasteiger charge is 2.49. The fourth-order valence-electron chi connectivity index (χ4n) is 2.78. The number of hydrogen-bond donors (Lipinski definition) is 0. The number of carbonyl (C=O) groups is 3. The van der Waals surface area contributed by atoms with Crippen LogP contribution in [0.4, 0.5) is 0 Å². The van der Waals surface area contributed by atoms with E-state index in [9.17, 15) is 14.4 Å². The fourth-order valence-corrected chi connectivity index (χ4v) is 2.78. The third-order valence-electron chi connectivity index (χ3n) is 3.71. The Balaban J connectivity index is 2.19. The number of nitrogens with zero attached hydrogens (tertiary/aromatic N) is 3. The van der Waals surface area contributed by atoms with E-state index in [0.717, 1.165) is 0 Å². The van der Waals surface area contributed by atoms with Gasteiger partial charge in [0.05, 0.1) is 19.3 Å². The molecule has 0 unspecified atom stereocenters. The van der Waals surface area contributed by atoms with Gasteiger partial charge in [-0.1, -0.05) is 5.21 Å². The molecule has 0 bridgehead atoms. The van der Waals surface area contributed by atoms with E-state index in [4.69, 9.17) is 23.7 Å². The van der Waals surface area contributed by atoms with Crippen molar-refractivity contribution in [3.05, 3.63) is 11.9 Å². The first kappa shape index (κ1) is 20.8. The maximum Gasteiger partial charge on any atom is 0.303 e. The van der Waals surface area contributed by atoms with Gasteiger partial charge in [0.25, 0.3) is 0 Å². The van der Waals surface area contributed by atoms with Gasteiger partial charge in [-0.3, -0.25) is 14.4 Å². The molecule has 0 N–H and O–H groups in total. The van der Waals surface area contributed by atoms with E-state index in [1.807, 2.05) is 0 Å². The number of hydrogen-bond acceptors (Lipinski definition) is 10. The molecule has 11 nitrogen and oxygen atoms in total. The van der Waals surface area contributed by atoms with Crippen LogP contribution in [0.3, 0.4) is 0 Å². The summed E-state index contributed by atoms with van der Waals surface area (Å²) < 4.78 is 28.0. The molecule has 1 fully saturated rings. The lowest BCUT2D eigenvalue weighted by molar-refractivity contribution is -0.165. The Kier molecular flexibility index (Phi) is 7.25. The lowest BCUT2D eigenvalue weighted by atomic mass is 10.1. The molecule has 2 heterocycles. The topological polar surface area (TPSA) is 128 Å². The minimum atomic E-state index is -0.919. The summed E-state index contributed by atoms with van der Waals surface area (Å²) in [6, 6.07) is 0. The summed E-state index contributed by atoms with van der Waals surface area (Å²) in [5.41, 5.74) is 0.618. The van der Waals surface area contributed by atoms with Crippen LogP contribution in [0.5, 0.6) is 0 Å². The smallest absolute Gasteiger partial charge is 0.303 e. The largest absolute Gasteiger partial charge is 0.463 e. The van der Waals surface area contributed by atoms with Crippen LogP contribution in [0.1, 0.15) is 26.5 Å². The molecule has 0 aromatic carbocycles. The summed E-state index contributed by atoms with van der Waals surface area (Å²) in [7, 11) is 1.54. The van der Waals surface area contributed by atoms with Gasteiger partial charge in [0, 0.05) is 27.9 Å². The van der Waals surface area contributed by atoms with Gasteiger partial charge in [-0.2, -0.15) is 0 Å². The minimum Gasteiger partial charge on any atom is -0.463 e. The first-order valence-electron chi connectivity index (χ1n) is 8.31. The minimum absolute atomic E-state index is 0.145. The quantitative estimate of drug-likeness (QED) is 0.431. The Morgan fingerprint density at radius 2 is 1.70 bits per heavy atom. The van der Waals surface area contributed by atoms with Gasteiger partial charge in [-0.25, -0.2) is 4.68 Å². The third-order valence-corrected chi connectivity index (χ3v) is 3.71. The van der Waals surface area contributed by atoms with Crippen LogP contribution < -0.4 is 0 Å². The molecule has 150 valence electrons. The Morgan fingerprint density at radius 3 is 2.26 bits per heavy atom. The molecule has 0 amide bonds. The molecule has 2 rings (SSSR count). The molecule has 1 saturated heterocycles. The molecule has 1 aromatic rings. The van der Waals surface area contributed by atoms with Gasteiger partial charge >= 0.3 is 17.9 Å². The molecule has 0 saturated carbocycles. The molecule has 1 aliphatic rings. The molecular formula is C16H23N3O8. The van der Waals surface area contributed by atoms with E-state index in [-0.39, 0.29) is 13.2 Å². The Bertz CT molecular complexity index is 676. The normalized spacial score (nSPS) is 24.4. The zero-order valence-corrected chi connectivity index (χ0v) is 15.6. The fraction of sp³-hybridized carbons (Fsp3) is 0.688. The Labute approximate surface area is 155 Å². The van der Waals surface area contributed by atoms with Crippen LogP contribution in [0, 0.1) is 0 Å². The van der Waals surface area contributed by atoms with Crippen molar-refractivity contribution in [3.8, 4) is 0 Å². The van der Waals surface area contributed by atoms with Crippen LogP contribution in [0.2, 0.25) is 0 Å². The summed E-state index contributed by atoms with van der Waals surface area (Å²) in [6.07, 6.45) is -1.61. The number of carbonyl (C=O) groups excluding carboxylic acids is 3. The lowest BCUT2D eigenvalue weighted by Crippen LogP contribution is -2.42. The van der Waals surface area contributed by atoms with Crippen LogP contribution >= 0.6 is 0 Å². The maximum absolute atomic E-state index is 11.5. The Morgan fingerprint density at radius 1 is 1.07 bits per heavy atom. The van der Waals surface area contributed by atoms with E-state index in [0.29, 0.717) is 12.3 Å². The molecule has 1 aromatic heterocycles. The van der Waals surface area contributed by atoms with Crippen molar-refractivity contribution >= 4 is 17.9 Å². The second-order valence-electron chi connectivity index (χ2n) is 6.03. The zero-order chi connectivity index (χ0) is 20.0. The number of ether oxygens (including phenoxy) is 5. The number of methoxy groups -OCH3 is 1. The average molecular weight is 385 g/mol. The number of rotatable bonds is 8. The molecule has 0 radical (unpaired) electrons. The van der Waals surface area contributed by atoms with Gasteiger partial charge < -0.3 is 23.7 Å². The number of aromatic nitrogens is 3. The monoisotopic (exact) mass is 385 g/mol. The summed E-state index contributed by atoms with van der Waals surface area (Å²) in [5, 5.41) is 7.92. The Hall–Kier alpha value is -2.53. The summed E-state index contributed by atoms with van der Waals surface area (Å²) in [4.78, 5) is 34.1. The lowest BCUT2D eigenvalue weighted by Gasteiger charge is -2.23. The molecule has 11 heteroatoms. The van der Waals surface area contributed by atoms with Crippen LogP contribution in [-0.2, 0) is 51.2 Å². The molecular weight excluding hydrogens is 362 g/mol. The second-order valence-corrected chi connectivity index (χ2v) is 6.03. The molecule has 1 aliphatic heterocycles. The van der Waals surface area contributed by atoms with E-state index in [1.165, 1.54) is 25.5 Å². The van der Waals surface area contributed by atoms with Gasteiger partial charge in [0.15, 0.2) is 12.2 Å². The molecule has 27 heavy (non-hydrogen) atoms. The SMILES string of the molecule is COCc1cn(C[C@@H]2O[C@H](COC(C)=O)[C@@H](OC(C)=O)[C@@H]2OC(C)=O)nn1. The van der Waals surface area contributed by atoms with Crippen molar-refractivity contribution in [1.82, 2.24) is 15.0 Å². The highest BCUT2D eigenvalue weighted by Crippen LogP contribution is 2.28. The van der Waals surface area contributed by atoms with Crippen molar-refractivity contribution in [3.63, 3.8) is 0 Å². The van der Waals surface area contributed by atoms with E-state index in [1.54, 1.807) is 13.3 Å². The first-order chi connectivity index (χ1) is 12.8. The highest BCUT2D eigenvalue weighted by molar-refractivity contribution is 5.68. The predicted octanol–water partition coefficient (Wildman–Crippen LogP) is -0.382. The van der Waals surface area contributed by atoms with E-state index in [2.05, 4.69) is 10.3 Å². The molecule has 0 spiro atoms. The molecule has 0 aliphatic carbocycles. The van der Waals surface area contributed by atoms with E-state index >= 15 is 0 Å². The van der Waals surface area contributed by atoms with Gasteiger partial charge in [0.1, 0.15) is 24.5 Å². The average Bonchev–Trinajstić information content (AvgIpc) is 3.12. The standard InChI is InChI=1S/C16H23N3O8/c1-9(20)24-8-14-16(26-11(3)22)15(25-10(2)21)13(27-14)6-19-5-12(7-23-4)17-18-19/h5,13-16H,6-8H2,1-4H3/t13-,14+,15+,16+/m0/s1. The summed E-state index contributed by atoms with van der Waals surface area (Å²) >= 11 is 0. The van der Waals surface area contributed by atoms with Crippen molar-refractivity contribution in [1.29, 1.82) is 0 Å². The van der Waals surface area contributed by atoms with Gasteiger partial charge in [-0.15, -0.1) is 5.10 Å². The maximum atomic E-state index is 11.5. The first-order valence-corrected chi connectivity index (χ1v) is 8.31. The van der Waals surface area contributed by atoms with Crippen LogP contribution in [0.15, 0.2) is 6.20 Å². The van der Waals surface area contributed by atoms with Crippen molar-refractivity contribution < 1.29 is 38.1 Å². The van der Waals surface area contributed by atoms with E-state index < -0.39 is 42.3 Å². The highest BCUT2D eigenvalue weighted by atomic mass is 16.6. The third kappa shape index (κ3) is 6.00. The van der Waals surface area contributed by atoms with Crippen molar-refractivity contribution in [2.75, 3.05) is 13.7 Å². The zero-order valence-electron chi connectivity index (χ0n) is 15.6. The summed E-state index contributed by atoms with van der Waals surface area (Å²) in [6.45, 7) is 4.06. The van der Waals surface area contributed by atoms with Gasteiger partial charge in [-0.05, 0) is 0 Å². The van der Waals surface area contributed by atoms with Crippen LogP contribution in [-0.4, -0.2) is 71.0 Å². The number of esters is 3. The summed E-state index contributed by atoms with van der Waals surface area (Å²) in [5.74, 6) is -1.64. The second kappa shape index (κ2) is 9.42.